The van der Waals surface area contributed by atoms with E-state index in [1.54, 1.807) is 53.3 Å². The molecule has 0 saturated carbocycles. The summed E-state index contributed by atoms with van der Waals surface area (Å²) in [6, 6.07) is 8.77. The molecule has 128 valence electrons. The molecular formula is C18H17ClN4O2. The number of aryl methyl sites for hydroxylation is 1. The molecule has 0 radical (unpaired) electrons. The molecule has 0 saturated heterocycles. The highest BCUT2D eigenvalue weighted by molar-refractivity contribution is 6.31. The molecule has 25 heavy (non-hydrogen) atoms. The van der Waals surface area contributed by atoms with Gasteiger partial charge in [0.1, 0.15) is 11.4 Å². The SMILES string of the molecule is Cn1cc(Cl)cc1C(=O)N1Cc2[nH]cnc2C(c2cccc(O)c2)C1. The van der Waals surface area contributed by atoms with E-state index in [0.717, 1.165) is 17.0 Å². The van der Waals surface area contributed by atoms with Gasteiger partial charge in [0, 0.05) is 25.7 Å². The number of aromatic hydroxyl groups is 1. The molecule has 7 heteroatoms. The lowest BCUT2D eigenvalue weighted by Gasteiger charge is -2.32. The summed E-state index contributed by atoms with van der Waals surface area (Å²) < 4.78 is 1.73. The van der Waals surface area contributed by atoms with Gasteiger partial charge in [-0.2, -0.15) is 0 Å². The number of rotatable bonds is 2. The summed E-state index contributed by atoms with van der Waals surface area (Å²) in [5, 5.41) is 10.3. The fourth-order valence-electron chi connectivity index (χ4n) is 3.38. The molecule has 4 rings (SSSR count). The highest BCUT2D eigenvalue weighted by Crippen LogP contribution is 2.33. The molecule has 0 fully saturated rings. The summed E-state index contributed by atoms with van der Waals surface area (Å²) in [5.41, 5.74) is 3.30. The fraction of sp³-hybridized carbons (Fsp3) is 0.222. The number of carbonyl (C=O) groups is 1. The minimum atomic E-state index is -0.0956. The van der Waals surface area contributed by atoms with Crippen molar-refractivity contribution in [2.24, 2.45) is 7.05 Å². The van der Waals surface area contributed by atoms with Crippen molar-refractivity contribution >= 4 is 17.5 Å². The van der Waals surface area contributed by atoms with Crippen molar-refractivity contribution in [1.29, 1.82) is 0 Å². The van der Waals surface area contributed by atoms with Crippen LogP contribution in [0.2, 0.25) is 5.02 Å². The van der Waals surface area contributed by atoms with E-state index in [1.807, 2.05) is 6.07 Å². The van der Waals surface area contributed by atoms with Gasteiger partial charge in [-0.1, -0.05) is 23.7 Å². The Bertz CT molecular complexity index is 946. The number of halogens is 1. The number of hydrogen-bond donors (Lipinski definition) is 2. The Morgan fingerprint density at radius 3 is 2.96 bits per heavy atom. The molecule has 2 N–H and O–H groups in total. The Morgan fingerprint density at radius 2 is 2.24 bits per heavy atom. The molecule has 3 heterocycles. The van der Waals surface area contributed by atoms with E-state index in [4.69, 9.17) is 11.6 Å². The number of phenols is 1. The molecule has 6 nitrogen and oxygen atoms in total. The van der Waals surface area contributed by atoms with Gasteiger partial charge in [-0.15, -0.1) is 0 Å². The Morgan fingerprint density at radius 1 is 1.40 bits per heavy atom. The molecule has 1 aliphatic heterocycles. The number of nitrogens with one attached hydrogen (secondary N) is 1. The third kappa shape index (κ3) is 2.78. The van der Waals surface area contributed by atoms with Crippen LogP contribution < -0.4 is 0 Å². The minimum Gasteiger partial charge on any atom is -0.508 e. The number of aromatic nitrogens is 3. The largest absolute Gasteiger partial charge is 0.508 e. The fourth-order valence-corrected chi connectivity index (χ4v) is 3.63. The van der Waals surface area contributed by atoms with E-state index in [1.165, 1.54) is 0 Å². The number of aromatic amines is 1. The zero-order chi connectivity index (χ0) is 17.6. The predicted molar refractivity (Wildman–Crippen MR) is 93.7 cm³/mol. The Labute approximate surface area is 149 Å². The quantitative estimate of drug-likeness (QED) is 0.741. The number of benzene rings is 1. The lowest BCUT2D eigenvalue weighted by molar-refractivity contribution is 0.0712. The summed E-state index contributed by atoms with van der Waals surface area (Å²) in [6.45, 7) is 0.954. The summed E-state index contributed by atoms with van der Waals surface area (Å²) in [4.78, 5) is 22.3. The Hall–Kier alpha value is -2.73. The maximum Gasteiger partial charge on any atom is 0.270 e. The Balaban J connectivity index is 1.71. The van der Waals surface area contributed by atoms with Crippen molar-refractivity contribution < 1.29 is 9.90 Å². The van der Waals surface area contributed by atoms with Gasteiger partial charge in [0.15, 0.2) is 0 Å². The zero-order valence-electron chi connectivity index (χ0n) is 13.6. The van der Waals surface area contributed by atoms with E-state index >= 15 is 0 Å². The topological polar surface area (TPSA) is 74.2 Å². The first-order valence-electron chi connectivity index (χ1n) is 7.95. The molecule has 1 aliphatic rings. The lowest BCUT2D eigenvalue weighted by atomic mass is 9.90. The van der Waals surface area contributed by atoms with Gasteiger partial charge in [-0.25, -0.2) is 4.98 Å². The number of nitrogens with zero attached hydrogens (tertiary/aromatic N) is 3. The van der Waals surface area contributed by atoms with Crippen LogP contribution in [-0.4, -0.2) is 37.0 Å². The summed E-state index contributed by atoms with van der Waals surface area (Å²) in [7, 11) is 1.80. The van der Waals surface area contributed by atoms with E-state index < -0.39 is 0 Å². The number of fused-ring (bicyclic) bond motifs is 1. The smallest absolute Gasteiger partial charge is 0.270 e. The second-order valence-electron chi connectivity index (χ2n) is 6.25. The van der Waals surface area contributed by atoms with Gasteiger partial charge < -0.3 is 19.6 Å². The number of phenolic OH excluding ortho intramolecular Hbond substituents is 1. The average molecular weight is 357 g/mol. The molecule has 0 spiro atoms. The number of imidazole rings is 1. The van der Waals surface area contributed by atoms with Crippen LogP contribution in [0, 0.1) is 0 Å². The zero-order valence-corrected chi connectivity index (χ0v) is 14.4. The van der Waals surface area contributed by atoms with Gasteiger partial charge in [-0.3, -0.25) is 4.79 Å². The Kier molecular flexibility index (Phi) is 3.77. The summed E-state index contributed by atoms with van der Waals surface area (Å²) in [6.07, 6.45) is 3.36. The molecular weight excluding hydrogens is 340 g/mol. The lowest BCUT2D eigenvalue weighted by Crippen LogP contribution is -2.39. The number of H-pyrrole nitrogens is 1. The third-order valence-corrected chi connectivity index (χ3v) is 4.79. The minimum absolute atomic E-state index is 0.0835. The van der Waals surface area contributed by atoms with Crippen LogP contribution in [0.3, 0.4) is 0 Å². The van der Waals surface area contributed by atoms with Crippen LogP contribution >= 0.6 is 11.6 Å². The third-order valence-electron chi connectivity index (χ3n) is 4.58. The maximum atomic E-state index is 13.0. The number of carbonyl (C=O) groups excluding carboxylic acids is 1. The molecule has 0 aliphatic carbocycles. The average Bonchev–Trinajstić information content (AvgIpc) is 3.19. The molecule has 3 aromatic rings. The van der Waals surface area contributed by atoms with Gasteiger partial charge in [0.2, 0.25) is 0 Å². The van der Waals surface area contributed by atoms with Crippen molar-refractivity contribution in [2.75, 3.05) is 6.54 Å². The van der Waals surface area contributed by atoms with Crippen LogP contribution in [0.5, 0.6) is 5.75 Å². The molecule has 0 bridgehead atoms. The molecule has 2 aromatic heterocycles. The van der Waals surface area contributed by atoms with Gasteiger partial charge in [0.25, 0.3) is 5.91 Å². The molecule has 1 unspecified atom stereocenters. The normalized spacial score (nSPS) is 16.7. The van der Waals surface area contributed by atoms with Crippen LogP contribution in [0.15, 0.2) is 42.9 Å². The first-order chi connectivity index (χ1) is 12.0. The first-order valence-corrected chi connectivity index (χ1v) is 8.33. The molecule has 1 atom stereocenters. The second kappa shape index (κ2) is 5.97. The number of hydrogen-bond acceptors (Lipinski definition) is 3. The van der Waals surface area contributed by atoms with Crippen molar-refractivity contribution in [1.82, 2.24) is 19.4 Å². The highest BCUT2D eigenvalue weighted by Gasteiger charge is 2.32. The van der Waals surface area contributed by atoms with Crippen LogP contribution in [-0.2, 0) is 13.6 Å². The van der Waals surface area contributed by atoms with Gasteiger partial charge >= 0.3 is 0 Å². The number of amides is 1. The molecule has 1 aromatic carbocycles. The van der Waals surface area contributed by atoms with Gasteiger partial charge in [0.05, 0.1) is 29.3 Å². The van der Waals surface area contributed by atoms with E-state index in [2.05, 4.69) is 9.97 Å². The standard InChI is InChI=1S/C18H17ClN4O2/c1-22-7-12(19)6-16(22)18(25)23-8-14(11-3-2-4-13(24)5-11)17-15(9-23)20-10-21-17/h2-7,10,14,24H,8-9H2,1H3,(H,20,21). The van der Waals surface area contributed by atoms with Crippen molar-refractivity contribution in [2.45, 2.75) is 12.5 Å². The van der Waals surface area contributed by atoms with E-state index in [-0.39, 0.29) is 17.6 Å². The summed E-state index contributed by atoms with van der Waals surface area (Å²) in [5.74, 6) is 0.0221. The molecule has 1 amide bonds. The first kappa shape index (κ1) is 15.8. The predicted octanol–water partition coefficient (Wildman–Crippen LogP) is 2.90. The monoisotopic (exact) mass is 356 g/mol. The van der Waals surface area contributed by atoms with Crippen LogP contribution in [0.4, 0.5) is 0 Å². The van der Waals surface area contributed by atoms with Crippen molar-refractivity contribution in [3.63, 3.8) is 0 Å². The van der Waals surface area contributed by atoms with Gasteiger partial charge in [-0.05, 0) is 23.8 Å². The van der Waals surface area contributed by atoms with Crippen molar-refractivity contribution in [3.05, 3.63) is 70.5 Å². The highest BCUT2D eigenvalue weighted by atomic mass is 35.5. The summed E-state index contributed by atoms with van der Waals surface area (Å²) >= 11 is 6.02. The van der Waals surface area contributed by atoms with Crippen molar-refractivity contribution in [3.8, 4) is 5.75 Å². The second-order valence-corrected chi connectivity index (χ2v) is 6.69. The van der Waals surface area contributed by atoms with E-state index in [9.17, 15) is 9.90 Å². The van der Waals surface area contributed by atoms with Crippen LogP contribution in [0.1, 0.15) is 33.4 Å². The van der Waals surface area contributed by atoms with Crippen LogP contribution in [0.25, 0.3) is 0 Å². The van der Waals surface area contributed by atoms with E-state index in [0.29, 0.717) is 23.8 Å². The maximum absolute atomic E-state index is 13.0.